The Kier molecular flexibility index (Phi) is 3.52. The molecule has 0 saturated heterocycles. The molecular formula is C25H22Te. The van der Waals surface area contributed by atoms with E-state index in [1.807, 2.05) is 0 Å². The molecule has 0 aliphatic rings. The molecule has 0 fully saturated rings. The van der Waals surface area contributed by atoms with E-state index in [1.54, 1.807) is 12.4 Å². The molecule has 4 aromatic carbocycles. The topological polar surface area (TPSA) is 0 Å². The first-order valence-electron chi connectivity index (χ1n) is 9.21. The first-order valence-corrected chi connectivity index (χ1v) is 11.5. The summed E-state index contributed by atoms with van der Waals surface area (Å²) in [6.45, 7) is 9.35. The molecule has 0 radical (unpaired) electrons. The van der Waals surface area contributed by atoms with Crippen molar-refractivity contribution in [2.75, 3.05) is 0 Å². The number of hydrogen-bond donors (Lipinski definition) is 0. The van der Waals surface area contributed by atoms with Gasteiger partial charge in [0.1, 0.15) is 0 Å². The molecule has 26 heavy (non-hydrogen) atoms. The molecule has 5 aromatic rings. The van der Waals surface area contributed by atoms with Crippen LogP contribution in [0.4, 0.5) is 0 Å². The van der Waals surface area contributed by atoms with Crippen LogP contribution in [0.25, 0.3) is 39.1 Å². The second-order valence-corrected chi connectivity index (χ2v) is 11.3. The molecule has 0 saturated carbocycles. The Morgan fingerprint density at radius 3 is 2.27 bits per heavy atom. The maximum absolute atomic E-state index is 2.47. The van der Waals surface area contributed by atoms with Gasteiger partial charge in [-0.2, -0.15) is 0 Å². The van der Waals surface area contributed by atoms with E-state index in [9.17, 15) is 0 Å². The third-order valence-electron chi connectivity index (χ3n) is 5.46. The van der Waals surface area contributed by atoms with Crippen molar-refractivity contribution in [3.63, 3.8) is 0 Å². The fourth-order valence-corrected chi connectivity index (χ4v) is 8.77. The monoisotopic (exact) mass is 452 g/mol. The SMILES string of the molecule is Cc1ccc2c([te]c3cc4ccc5ccccc5c4cc32)c1C(C)(C)C. The van der Waals surface area contributed by atoms with Gasteiger partial charge in [0.15, 0.2) is 0 Å². The van der Waals surface area contributed by atoms with Crippen LogP contribution in [-0.2, 0) is 5.41 Å². The average molecular weight is 450 g/mol. The van der Waals surface area contributed by atoms with Crippen LogP contribution >= 0.6 is 0 Å². The van der Waals surface area contributed by atoms with Crippen LogP contribution in [0.15, 0.2) is 60.7 Å². The van der Waals surface area contributed by atoms with E-state index in [0.29, 0.717) is 0 Å². The Bertz CT molecular complexity index is 1310. The number of aryl methyl sites for hydroxylation is 1. The molecule has 0 spiro atoms. The number of fused-ring (bicyclic) bond motifs is 6. The van der Waals surface area contributed by atoms with E-state index in [0.717, 1.165) is 0 Å². The van der Waals surface area contributed by atoms with Crippen molar-refractivity contribution in [3.05, 3.63) is 71.8 Å². The third kappa shape index (κ3) is 2.34. The molecule has 1 heteroatoms. The third-order valence-corrected chi connectivity index (χ3v) is 8.85. The van der Waals surface area contributed by atoms with Crippen molar-refractivity contribution in [3.8, 4) is 0 Å². The molecule has 0 amide bonds. The first kappa shape index (κ1) is 16.4. The van der Waals surface area contributed by atoms with E-state index in [-0.39, 0.29) is 25.8 Å². The van der Waals surface area contributed by atoms with Gasteiger partial charge in [0, 0.05) is 0 Å². The second-order valence-electron chi connectivity index (χ2n) is 8.34. The van der Waals surface area contributed by atoms with Gasteiger partial charge in [-0.25, -0.2) is 0 Å². The molecule has 1 aromatic heterocycles. The molecule has 0 unspecified atom stereocenters. The van der Waals surface area contributed by atoms with Crippen LogP contribution in [0.5, 0.6) is 0 Å². The van der Waals surface area contributed by atoms with Crippen LogP contribution in [-0.4, -0.2) is 20.4 Å². The Morgan fingerprint density at radius 1 is 0.692 bits per heavy atom. The Labute approximate surface area is 164 Å². The average Bonchev–Trinajstić information content (AvgIpc) is 2.95. The maximum atomic E-state index is 2.47. The van der Waals surface area contributed by atoms with E-state index >= 15 is 0 Å². The molecule has 0 N–H and O–H groups in total. The van der Waals surface area contributed by atoms with Gasteiger partial charge in [-0.1, -0.05) is 0 Å². The molecular weight excluding hydrogens is 428 g/mol. The second kappa shape index (κ2) is 5.59. The first-order chi connectivity index (χ1) is 12.4. The van der Waals surface area contributed by atoms with E-state index < -0.39 is 0 Å². The van der Waals surface area contributed by atoms with E-state index in [2.05, 4.69) is 88.4 Å². The summed E-state index contributed by atoms with van der Waals surface area (Å²) in [5.74, 6) is 0. The van der Waals surface area contributed by atoms with Gasteiger partial charge in [-0.3, -0.25) is 0 Å². The van der Waals surface area contributed by atoms with Crippen LogP contribution < -0.4 is 0 Å². The normalized spacial score (nSPS) is 12.6. The van der Waals surface area contributed by atoms with Gasteiger partial charge in [0.2, 0.25) is 0 Å². The summed E-state index contributed by atoms with van der Waals surface area (Å²) in [5, 5.41) is 8.44. The molecule has 0 bridgehead atoms. The summed E-state index contributed by atoms with van der Waals surface area (Å²) < 4.78 is 3.27. The van der Waals surface area contributed by atoms with Crippen molar-refractivity contribution >= 4 is 59.6 Å². The summed E-state index contributed by atoms with van der Waals surface area (Å²) in [6.07, 6.45) is 0. The molecule has 0 atom stereocenters. The predicted octanol–water partition coefficient (Wildman–Crippen LogP) is 6.96. The standard InChI is InChI=1S/C25H22Te/c1-15-9-12-19-21-14-20-17(11-10-16-7-5-6-8-18(16)20)13-22(21)26-24(19)23(15)25(2,3)4/h5-14H,1-4H3. The molecule has 0 nitrogen and oxygen atoms in total. The fourth-order valence-electron chi connectivity index (χ4n) is 4.37. The van der Waals surface area contributed by atoms with Crippen LogP contribution in [0.2, 0.25) is 0 Å². The Morgan fingerprint density at radius 2 is 1.46 bits per heavy atom. The fraction of sp³-hybridized carbons (Fsp3) is 0.200. The van der Waals surface area contributed by atoms with Crippen LogP contribution in [0.3, 0.4) is 0 Å². The Balaban J connectivity index is 1.97. The predicted molar refractivity (Wildman–Crippen MR) is 117 cm³/mol. The minimum absolute atomic E-state index is 0.203. The van der Waals surface area contributed by atoms with Gasteiger partial charge in [0.05, 0.1) is 0 Å². The zero-order valence-corrected chi connectivity index (χ0v) is 18.0. The van der Waals surface area contributed by atoms with Gasteiger partial charge < -0.3 is 0 Å². The molecule has 1 heterocycles. The van der Waals surface area contributed by atoms with E-state index in [1.165, 1.54) is 37.9 Å². The van der Waals surface area contributed by atoms with Crippen molar-refractivity contribution in [2.24, 2.45) is 0 Å². The van der Waals surface area contributed by atoms with Crippen molar-refractivity contribution in [1.82, 2.24) is 0 Å². The van der Waals surface area contributed by atoms with Crippen LogP contribution in [0.1, 0.15) is 31.9 Å². The summed E-state index contributed by atoms with van der Waals surface area (Å²) in [4.78, 5) is 0. The van der Waals surface area contributed by atoms with Gasteiger partial charge >= 0.3 is 164 Å². The summed E-state index contributed by atoms with van der Waals surface area (Å²) in [7, 11) is 0. The molecule has 5 rings (SSSR count). The molecule has 0 aliphatic heterocycles. The molecule has 0 aliphatic carbocycles. The van der Waals surface area contributed by atoms with Crippen LogP contribution in [0, 0.1) is 6.92 Å². The zero-order valence-electron chi connectivity index (χ0n) is 15.7. The number of hydrogen-bond acceptors (Lipinski definition) is 0. The summed E-state index contributed by atoms with van der Waals surface area (Å²) in [6, 6.07) is 22.9. The number of rotatable bonds is 0. The van der Waals surface area contributed by atoms with Crippen molar-refractivity contribution in [1.29, 1.82) is 0 Å². The van der Waals surface area contributed by atoms with Crippen molar-refractivity contribution < 1.29 is 0 Å². The van der Waals surface area contributed by atoms with Gasteiger partial charge in [0.25, 0.3) is 0 Å². The van der Waals surface area contributed by atoms with E-state index in [4.69, 9.17) is 0 Å². The Hall–Kier alpha value is -1.81. The minimum atomic E-state index is -0.335. The summed E-state index contributed by atoms with van der Waals surface area (Å²) >= 11 is -0.335. The zero-order chi connectivity index (χ0) is 18.1. The molecule has 128 valence electrons. The van der Waals surface area contributed by atoms with Gasteiger partial charge in [-0.15, -0.1) is 0 Å². The van der Waals surface area contributed by atoms with Crippen molar-refractivity contribution in [2.45, 2.75) is 33.1 Å². The number of benzene rings is 4. The van der Waals surface area contributed by atoms with Gasteiger partial charge in [-0.05, 0) is 0 Å². The quantitative estimate of drug-likeness (QED) is 0.177. The summed E-state index contributed by atoms with van der Waals surface area (Å²) in [5.41, 5.74) is 3.24.